The number of hydrogen-bond acceptors (Lipinski definition) is 5. The molecule has 1 atom stereocenters. The lowest BCUT2D eigenvalue weighted by atomic mass is 10.1. The molecule has 0 unspecified atom stereocenters. The minimum absolute atomic E-state index is 0.107. The molecule has 0 aliphatic rings. The van der Waals surface area contributed by atoms with E-state index in [1.54, 1.807) is 6.92 Å². The van der Waals surface area contributed by atoms with Crippen LogP contribution in [0.3, 0.4) is 0 Å². The summed E-state index contributed by atoms with van der Waals surface area (Å²) in [5.74, 6) is 1.87. The normalized spacial score (nSPS) is 12.4. The molecule has 2 heterocycles. The molecule has 0 saturated carbocycles. The maximum atomic E-state index is 12.0. The largest absolute Gasteiger partial charge is 0.361 e. The van der Waals surface area contributed by atoms with Gasteiger partial charge in [0.25, 0.3) is 0 Å². The number of carbonyl (C=O) groups excluding carboxylic acids is 1. The van der Waals surface area contributed by atoms with E-state index < -0.39 is 0 Å². The molecule has 0 radical (unpaired) electrons. The van der Waals surface area contributed by atoms with Gasteiger partial charge in [0.15, 0.2) is 5.82 Å². The molecule has 0 fully saturated rings. The summed E-state index contributed by atoms with van der Waals surface area (Å²) < 4.78 is 5.03. The average Bonchev–Trinajstić information content (AvgIpc) is 2.90. The van der Waals surface area contributed by atoms with Crippen molar-refractivity contribution >= 4 is 5.91 Å². The smallest absolute Gasteiger partial charge is 0.225 e. The predicted molar refractivity (Wildman–Crippen MR) is 67.4 cm³/mol. The molecule has 2 aromatic rings. The number of aromatic amines is 1. The number of aromatic nitrogens is 4. The van der Waals surface area contributed by atoms with Crippen LogP contribution in [0.5, 0.6) is 0 Å². The molecule has 0 aromatic carbocycles. The number of aryl methyl sites for hydroxylation is 3. The van der Waals surface area contributed by atoms with Crippen LogP contribution in [0.15, 0.2) is 4.52 Å². The molecule has 19 heavy (non-hydrogen) atoms. The Labute approximate surface area is 110 Å². The van der Waals surface area contributed by atoms with E-state index in [-0.39, 0.29) is 18.4 Å². The van der Waals surface area contributed by atoms with Crippen molar-refractivity contribution in [1.82, 2.24) is 25.7 Å². The number of carbonyl (C=O) groups is 1. The van der Waals surface area contributed by atoms with Crippen LogP contribution >= 0.6 is 0 Å². The fourth-order valence-corrected chi connectivity index (χ4v) is 1.83. The highest BCUT2D eigenvalue weighted by atomic mass is 16.5. The molecule has 7 nitrogen and oxygen atoms in total. The van der Waals surface area contributed by atoms with Crippen LogP contribution in [0.1, 0.15) is 41.6 Å². The summed E-state index contributed by atoms with van der Waals surface area (Å²) in [5, 5.41) is 13.4. The van der Waals surface area contributed by atoms with Crippen molar-refractivity contribution in [3.63, 3.8) is 0 Å². The second kappa shape index (κ2) is 5.21. The molecular weight excluding hydrogens is 246 g/mol. The van der Waals surface area contributed by atoms with Gasteiger partial charge in [0.05, 0.1) is 18.2 Å². The first kappa shape index (κ1) is 13.3. The molecule has 2 aromatic heterocycles. The van der Waals surface area contributed by atoms with Crippen molar-refractivity contribution in [2.75, 3.05) is 0 Å². The highest BCUT2D eigenvalue weighted by Gasteiger charge is 2.17. The Morgan fingerprint density at radius 2 is 2.16 bits per heavy atom. The monoisotopic (exact) mass is 263 g/mol. The second-order valence-corrected chi connectivity index (χ2v) is 4.55. The highest BCUT2D eigenvalue weighted by molar-refractivity contribution is 5.79. The Balaban J connectivity index is 1.98. The maximum absolute atomic E-state index is 12.0. The van der Waals surface area contributed by atoms with E-state index >= 15 is 0 Å². The van der Waals surface area contributed by atoms with E-state index in [1.807, 2.05) is 20.8 Å². The quantitative estimate of drug-likeness (QED) is 0.862. The molecule has 2 N–H and O–H groups in total. The van der Waals surface area contributed by atoms with Crippen LogP contribution < -0.4 is 5.32 Å². The molecule has 1 amide bonds. The van der Waals surface area contributed by atoms with E-state index in [2.05, 4.69) is 25.7 Å². The summed E-state index contributed by atoms with van der Waals surface area (Å²) >= 11 is 0. The summed E-state index contributed by atoms with van der Waals surface area (Å²) in [7, 11) is 0. The van der Waals surface area contributed by atoms with Gasteiger partial charge in [-0.2, -0.15) is 5.10 Å². The van der Waals surface area contributed by atoms with Gasteiger partial charge in [-0.15, -0.1) is 0 Å². The number of nitrogens with one attached hydrogen (secondary N) is 2. The van der Waals surface area contributed by atoms with Crippen LogP contribution in [-0.2, 0) is 11.2 Å². The van der Waals surface area contributed by atoms with Crippen molar-refractivity contribution in [1.29, 1.82) is 0 Å². The molecule has 2 rings (SSSR count). The molecule has 102 valence electrons. The molecule has 0 saturated heterocycles. The van der Waals surface area contributed by atoms with Crippen molar-refractivity contribution in [2.24, 2.45) is 0 Å². The SMILES string of the molecule is Cc1nc([C@@H](C)NC(=O)Cc2c(C)noc2C)n[nH]1. The van der Waals surface area contributed by atoms with Crippen LogP contribution in [-0.4, -0.2) is 26.2 Å². The summed E-state index contributed by atoms with van der Waals surface area (Å²) in [5.41, 5.74) is 1.57. The molecule has 7 heteroatoms. The first-order valence-electron chi connectivity index (χ1n) is 6.07. The standard InChI is InChI=1S/C12H17N5O2/c1-6-10(8(3)19-17-6)5-11(18)13-7(2)12-14-9(4)15-16-12/h7H,5H2,1-4H3,(H,13,18)(H,14,15,16)/t7-/m1/s1. The van der Waals surface area contributed by atoms with Gasteiger partial charge in [-0.05, 0) is 27.7 Å². The Bertz CT molecular complexity index is 567. The Hall–Kier alpha value is -2.18. The Morgan fingerprint density at radius 1 is 1.42 bits per heavy atom. The topological polar surface area (TPSA) is 96.7 Å². The van der Waals surface area contributed by atoms with Crippen LogP contribution in [0.4, 0.5) is 0 Å². The maximum Gasteiger partial charge on any atom is 0.225 e. The predicted octanol–water partition coefficient (Wildman–Crippen LogP) is 1.14. The third-order valence-electron chi connectivity index (χ3n) is 2.90. The Morgan fingerprint density at radius 3 is 2.68 bits per heavy atom. The number of rotatable bonds is 4. The van der Waals surface area contributed by atoms with Crippen molar-refractivity contribution in [3.05, 3.63) is 28.7 Å². The van der Waals surface area contributed by atoms with Crippen molar-refractivity contribution in [3.8, 4) is 0 Å². The molecule has 0 spiro atoms. The van der Waals surface area contributed by atoms with E-state index in [4.69, 9.17) is 4.52 Å². The first-order valence-corrected chi connectivity index (χ1v) is 6.07. The lowest BCUT2D eigenvalue weighted by molar-refractivity contribution is -0.121. The van der Waals surface area contributed by atoms with Gasteiger partial charge in [0.1, 0.15) is 11.6 Å². The number of H-pyrrole nitrogens is 1. The molecular formula is C12H17N5O2. The van der Waals surface area contributed by atoms with Gasteiger partial charge >= 0.3 is 0 Å². The van der Waals surface area contributed by atoms with Gasteiger partial charge in [-0.25, -0.2) is 4.98 Å². The summed E-state index contributed by atoms with van der Waals surface area (Å²) in [6.45, 7) is 7.27. The van der Waals surface area contributed by atoms with Gasteiger partial charge in [-0.3, -0.25) is 9.89 Å². The number of amides is 1. The van der Waals surface area contributed by atoms with E-state index in [0.717, 1.165) is 17.1 Å². The molecule has 0 bridgehead atoms. The first-order chi connectivity index (χ1) is 8.97. The van der Waals surface area contributed by atoms with E-state index in [1.165, 1.54) is 0 Å². The average molecular weight is 263 g/mol. The van der Waals surface area contributed by atoms with E-state index in [9.17, 15) is 4.79 Å². The van der Waals surface area contributed by atoms with Gasteiger partial charge < -0.3 is 9.84 Å². The zero-order chi connectivity index (χ0) is 14.0. The fraction of sp³-hybridized carbons (Fsp3) is 0.500. The number of hydrogen-bond donors (Lipinski definition) is 2. The highest BCUT2D eigenvalue weighted by Crippen LogP contribution is 2.13. The van der Waals surface area contributed by atoms with Gasteiger partial charge in [0, 0.05) is 5.56 Å². The van der Waals surface area contributed by atoms with Gasteiger partial charge in [-0.1, -0.05) is 5.16 Å². The lowest BCUT2D eigenvalue weighted by Crippen LogP contribution is -2.29. The summed E-state index contributed by atoms with van der Waals surface area (Å²) in [6.07, 6.45) is 0.245. The Kier molecular flexibility index (Phi) is 3.64. The minimum atomic E-state index is -0.238. The summed E-state index contributed by atoms with van der Waals surface area (Å²) in [4.78, 5) is 16.1. The fourth-order valence-electron chi connectivity index (χ4n) is 1.83. The van der Waals surface area contributed by atoms with Gasteiger partial charge in [0.2, 0.25) is 5.91 Å². The van der Waals surface area contributed by atoms with Crippen LogP contribution in [0, 0.1) is 20.8 Å². The second-order valence-electron chi connectivity index (χ2n) is 4.55. The van der Waals surface area contributed by atoms with E-state index in [0.29, 0.717) is 11.6 Å². The third-order valence-corrected chi connectivity index (χ3v) is 2.90. The van der Waals surface area contributed by atoms with Crippen molar-refractivity contribution < 1.29 is 9.32 Å². The van der Waals surface area contributed by atoms with Crippen molar-refractivity contribution in [2.45, 2.75) is 40.2 Å². The lowest BCUT2D eigenvalue weighted by Gasteiger charge is -2.10. The van der Waals surface area contributed by atoms with Crippen LogP contribution in [0.25, 0.3) is 0 Å². The third kappa shape index (κ3) is 2.98. The zero-order valence-electron chi connectivity index (χ0n) is 11.4. The molecule has 0 aliphatic heterocycles. The minimum Gasteiger partial charge on any atom is -0.361 e. The summed E-state index contributed by atoms with van der Waals surface area (Å²) in [6, 6.07) is -0.238. The van der Waals surface area contributed by atoms with Crippen LogP contribution in [0.2, 0.25) is 0 Å². The zero-order valence-corrected chi connectivity index (χ0v) is 11.4. The molecule has 0 aliphatic carbocycles. The number of nitrogens with zero attached hydrogens (tertiary/aromatic N) is 3.